The number of fused-ring (bicyclic) bond motifs is 1. The molecule has 3 nitrogen and oxygen atoms in total. The summed E-state index contributed by atoms with van der Waals surface area (Å²) in [7, 11) is 0. The average molecular weight is 281 g/mol. The maximum Gasteiger partial charge on any atom is 0.0700 e. The lowest BCUT2D eigenvalue weighted by Crippen LogP contribution is -2.54. The monoisotopic (exact) mass is 281 g/mol. The van der Waals surface area contributed by atoms with Crippen LogP contribution in [0.15, 0.2) is 0 Å². The molecule has 0 radical (unpaired) electrons. The van der Waals surface area contributed by atoms with Crippen molar-refractivity contribution in [2.75, 3.05) is 19.6 Å². The highest BCUT2D eigenvalue weighted by atomic mass is 16.3. The van der Waals surface area contributed by atoms with E-state index in [-0.39, 0.29) is 11.7 Å². The molecule has 1 aliphatic heterocycles. The van der Waals surface area contributed by atoms with Gasteiger partial charge in [-0.3, -0.25) is 0 Å². The molecule has 20 heavy (non-hydrogen) atoms. The van der Waals surface area contributed by atoms with Crippen molar-refractivity contribution in [2.45, 2.75) is 75.9 Å². The van der Waals surface area contributed by atoms with Crippen molar-refractivity contribution in [2.24, 2.45) is 11.8 Å². The molecular formula is C17H31NO2. The van der Waals surface area contributed by atoms with Gasteiger partial charge in [-0.2, -0.15) is 0 Å². The second kappa shape index (κ2) is 6.33. The zero-order valence-electron chi connectivity index (χ0n) is 12.8. The molecular weight excluding hydrogens is 250 g/mol. The van der Waals surface area contributed by atoms with Crippen molar-refractivity contribution in [3.63, 3.8) is 0 Å². The van der Waals surface area contributed by atoms with Crippen molar-refractivity contribution in [1.29, 1.82) is 0 Å². The molecule has 3 heteroatoms. The van der Waals surface area contributed by atoms with E-state index in [1.807, 2.05) is 0 Å². The molecule has 2 saturated carbocycles. The lowest BCUT2D eigenvalue weighted by molar-refractivity contribution is -0.0996. The largest absolute Gasteiger partial charge is 0.393 e. The summed E-state index contributed by atoms with van der Waals surface area (Å²) in [6.07, 6.45) is 11.5. The van der Waals surface area contributed by atoms with E-state index in [1.165, 1.54) is 44.9 Å². The number of aliphatic hydroxyl groups is 2. The highest BCUT2D eigenvalue weighted by Gasteiger charge is 2.43. The van der Waals surface area contributed by atoms with Crippen LogP contribution in [0.3, 0.4) is 0 Å². The Morgan fingerprint density at radius 1 is 0.950 bits per heavy atom. The van der Waals surface area contributed by atoms with E-state index >= 15 is 0 Å². The fourth-order valence-corrected chi connectivity index (χ4v) is 4.71. The molecule has 3 fully saturated rings. The Bertz CT molecular complexity index is 322. The third-order valence-electron chi connectivity index (χ3n) is 6.12. The van der Waals surface area contributed by atoms with Crippen LogP contribution in [0.1, 0.15) is 64.2 Å². The van der Waals surface area contributed by atoms with Crippen molar-refractivity contribution in [1.82, 2.24) is 4.90 Å². The molecule has 4 atom stereocenters. The number of piperidine rings is 1. The van der Waals surface area contributed by atoms with Crippen LogP contribution in [-0.4, -0.2) is 46.5 Å². The Hall–Kier alpha value is -0.120. The zero-order chi connectivity index (χ0) is 14.0. The second-order valence-corrected chi connectivity index (χ2v) is 7.52. The minimum absolute atomic E-state index is 0.0929. The van der Waals surface area contributed by atoms with E-state index in [0.717, 1.165) is 38.9 Å². The molecule has 1 saturated heterocycles. The normalized spacial score (nSPS) is 43.8. The molecule has 0 spiro atoms. The van der Waals surface area contributed by atoms with Crippen molar-refractivity contribution >= 4 is 0 Å². The number of hydrogen-bond donors (Lipinski definition) is 2. The highest BCUT2D eigenvalue weighted by molar-refractivity contribution is 4.96. The number of nitrogens with zero attached hydrogens (tertiary/aromatic N) is 1. The van der Waals surface area contributed by atoms with Crippen LogP contribution in [0.5, 0.6) is 0 Å². The van der Waals surface area contributed by atoms with Crippen molar-refractivity contribution < 1.29 is 10.2 Å². The predicted molar refractivity (Wildman–Crippen MR) is 80.5 cm³/mol. The van der Waals surface area contributed by atoms with Gasteiger partial charge in [-0.25, -0.2) is 0 Å². The molecule has 0 aromatic rings. The first kappa shape index (κ1) is 14.8. The van der Waals surface area contributed by atoms with Crippen LogP contribution in [-0.2, 0) is 0 Å². The molecule has 1 heterocycles. The summed E-state index contributed by atoms with van der Waals surface area (Å²) in [5.41, 5.74) is -0.364. The third-order valence-corrected chi connectivity index (χ3v) is 6.12. The Balaban J connectivity index is 1.56. The number of rotatable bonds is 2. The lowest BCUT2D eigenvalue weighted by atomic mass is 9.71. The third kappa shape index (κ3) is 3.20. The number of hydrogen-bond acceptors (Lipinski definition) is 3. The minimum atomic E-state index is -0.364. The van der Waals surface area contributed by atoms with Gasteiger partial charge in [-0.05, 0) is 38.0 Å². The van der Waals surface area contributed by atoms with Crippen LogP contribution in [0.2, 0.25) is 0 Å². The summed E-state index contributed by atoms with van der Waals surface area (Å²) in [5, 5.41) is 21.0. The Kier molecular flexibility index (Phi) is 4.68. The fourth-order valence-electron chi connectivity index (χ4n) is 4.71. The summed E-state index contributed by atoms with van der Waals surface area (Å²) in [6, 6.07) is 0. The molecule has 2 aliphatic carbocycles. The number of likely N-dealkylation sites (tertiary alicyclic amines) is 1. The maximum absolute atomic E-state index is 10.7. The van der Waals surface area contributed by atoms with Gasteiger partial charge in [0.05, 0.1) is 11.7 Å². The average Bonchev–Trinajstić information content (AvgIpc) is 2.64. The van der Waals surface area contributed by atoms with E-state index in [9.17, 15) is 10.2 Å². The molecule has 3 rings (SSSR count). The van der Waals surface area contributed by atoms with Gasteiger partial charge in [-0.1, -0.05) is 32.1 Å². The minimum Gasteiger partial charge on any atom is -0.393 e. The van der Waals surface area contributed by atoms with Crippen LogP contribution < -0.4 is 0 Å². The van der Waals surface area contributed by atoms with Crippen molar-refractivity contribution in [3.05, 3.63) is 0 Å². The molecule has 0 amide bonds. The fraction of sp³-hybridized carbons (Fsp3) is 1.00. The van der Waals surface area contributed by atoms with Crippen LogP contribution in [0.25, 0.3) is 0 Å². The Morgan fingerprint density at radius 3 is 2.65 bits per heavy atom. The van der Waals surface area contributed by atoms with Gasteiger partial charge in [0.1, 0.15) is 0 Å². The smallest absolute Gasteiger partial charge is 0.0700 e. The summed E-state index contributed by atoms with van der Waals surface area (Å²) in [6.45, 7) is 3.13. The molecule has 0 aromatic heterocycles. The second-order valence-electron chi connectivity index (χ2n) is 7.52. The topological polar surface area (TPSA) is 43.7 Å². The molecule has 3 aliphatic rings. The van der Waals surface area contributed by atoms with Crippen molar-refractivity contribution in [3.8, 4) is 0 Å². The zero-order valence-corrected chi connectivity index (χ0v) is 12.8. The van der Waals surface area contributed by atoms with Gasteiger partial charge >= 0.3 is 0 Å². The van der Waals surface area contributed by atoms with Gasteiger partial charge in [0.15, 0.2) is 0 Å². The molecule has 4 unspecified atom stereocenters. The van der Waals surface area contributed by atoms with Gasteiger partial charge in [0.2, 0.25) is 0 Å². The standard InChI is InChI=1S/C17H31NO2/c19-16-8-3-1-2-6-14(16)12-18-11-10-17(20)9-5-4-7-15(17)13-18/h14-16,19-20H,1-13H2. The molecule has 116 valence electrons. The van der Waals surface area contributed by atoms with Crippen LogP contribution in [0.4, 0.5) is 0 Å². The first-order valence-electron chi connectivity index (χ1n) is 8.80. The Morgan fingerprint density at radius 2 is 1.75 bits per heavy atom. The van der Waals surface area contributed by atoms with Gasteiger partial charge in [-0.15, -0.1) is 0 Å². The first-order valence-corrected chi connectivity index (χ1v) is 8.80. The summed E-state index contributed by atoms with van der Waals surface area (Å²) in [5.74, 6) is 0.945. The van der Waals surface area contributed by atoms with Gasteiger partial charge in [0.25, 0.3) is 0 Å². The summed E-state index contributed by atoms with van der Waals surface area (Å²) in [4.78, 5) is 2.53. The molecule has 0 aromatic carbocycles. The van der Waals surface area contributed by atoms with Gasteiger partial charge < -0.3 is 15.1 Å². The van der Waals surface area contributed by atoms with E-state index in [1.54, 1.807) is 0 Å². The SMILES string of the molecule is OC1CCCCCC1CN1CCC2(O)CCCCC2C1. The maximum atomic E-state index is 10.7. The lowest BCUT2D eigenvalue weighted by Gasteiger charge is -2.48. The van der Waals surface area contributed by atoms with Gasteiger partial charge in [0, 0.05) is 25.6 Å². The van der Waals surface area contributed by atoms with E-state index in [0.29, 0.717) is 11.8 Å². The quantitative estimate of drug-likeness (QED) is 0.765. The highest BCUT2D eigenvalue weighted by Crippen LogP contribution is 2.40. The van der Waals surface area contributed by atoms with E-state index < -0.39 is 0 Å². The molecule has 2 N–H and O–H groups in total. The van der Waals surface area contributed by atoms with Crippen LogP contribution in [0, 0.1) is 11.8 Å². The number of aliphatic hydroxyl groups excluding tert-OH is 1. The van der Waals surface area contributed by atoms with Crippen LogP contribution >= 0.6 is 0 Å². The predicted octanol–water partition coefficient (Wildman–Crippen LogP) is 2.55. The summed E-state index contributed by atoms with van der Waals surface area (Å²) >= 11 is 0. The summed E-state index contributed by atoms with van der Waals surface area (Å²) < 4.78 is 0. The van der Waals surface area contributed by atoms with E-state index in [2.05, 4.69) is 4.90 Å². The Labute approximate surface area is 123 Å². The first-order chi connectivity index (χ1) is 9.67. The molecule has 0 bridgehead atoms. The van der Waals surface area contributed by atoms with E-state index in [4.69, 9.17) is 0 Å².